The smallest absolute Gasteiger partial charge is 0.255 e. The number of aryl methyl sites for hydroxylation is 1. The Bertz CT molecular complexity index is 1060. The number of nitrogens with one attached hydrogen (secondary N) is 1. The number of nitrogens with zero attached hydrogens (tertiary/aromatic N) is 1. The molecule has 0 saturated carbocycles. The highest BCUT2D eigenvalue weighted by Crippen LogP contribution is 2.30. The first-order valence-electron chi connectivity index (χ1n) is 9.87. The van der Waals surface area contributed by atoms with Gasteiger partial charge in [0.25, 0.3) is 5.56 Å². The van der Waals surface area contributed by atoms with Gasteiger partial charge in [-0.1, -0.05) is 23.8 Å². The molecule has 2 heterocycles. The Balaban J connectivity index is 1.49. The molecule has 152 valence electrons. The lowest BCUT2D eigenvalue weighted by atomic mass is 10.1. The van der Waals surface area contributed by atoms with E-state index in [1.165, 1.54) is 5.56 Å². The van der Waals surface area contributed by atoms with E-state index >= 15 is 0 Å². The number of ether oxygens (including phenoxy) is 3. The summed E-state index contributed by atoms with van der Waals surface area (Å²) in [5.74, 6) is 1.53. The van der Waals surface area contributed by atoms with Crippen LogP contribution in [0.3, 0.4) is 0 Å². The van der Waals surface area contributed by atoms with Gasteiger partial charge in [0.1, 0.15) is 12.7 Å². The van der Waals surface area contributed by atoms with Crippen molar-refractivity contribution >= 4 is 10.9 Å². The van der Waals surface area contributed by atoms with Gasteiger partial charge in [0, 0.05) is 32.3 Å². The Labute approximate surface area is 170 Å². The fourth-order valence-corrected chi connectivity index (χ4v) is 3.63. The molecule has 2 aromatic carbocycles. The molecular weight excluding hydrogens is 368 g/mol. The number of fused-ring (bicyclic) bond motifs is 2. The van der Waals surface area contributed by atoms with Crippen LogP contribution in [0.4, 0.5) is 0 Å². The lowest BCUT2D eigenvalue weighted by Gasteiger charge is -2.26. The summed E-state index contributed by atoms with van der Waals surface area (Å²) < 4.78 is 18.7. The van der Waals surface area contributed by atoms with E-state index in [0.29, 0.717) is 32.8 Å². The van der Waals surface area contributed by atoms with Gasteiger partial charge < -0.3 is 24.1 Å². The zero-order valence-electron chi connectivity index (χ0n) is 16.8. The largest absolute Gasteiger partial charge is 0.486 e. The van der Waals surface area contributed by atoms with Gasteiger partial charge in [-0.3, -0.25) is 4.79 Å². The van der Waals surface area contributed by atoms with Crippen LogP contribution in [0, 0.1) is 6.92 Å². The monoisotopic (exact) mass is 394 g/mol. The Hall–Kier alpha value is -2.83. The number of hydrogen-bond acceptors (Lipinski definition) is 5. The van der Waals surface area contributed by atoms with E-state index in [4.69, 9.17) is 14.2 Å². The molecule has 0 spiro atoms. The van der Waals surface area contributed by atoms with Gasteiger partial charge in [0.05, 0.1) is 12.1 Å². The second kappa shape index (κ2) is 8.68. The molecule has 6 heteroatoms. The first-order chi connectivity index (χ1) is 14.2. The van der Waals surface area contributed by atoms with Crippen molar-refractivity contribution in [3.8, 4) is 11.5 Å². The molecule has 6 nitrogen and oxygen atoms in total. The van der Waals surface area contributed by atoms with Crippen LogP contribution >= 0.6 is 0 Å². The van der Waals surface area contributed by atoms with Crippen LogP contribution in [-0.4, -0.2) is 37.5 Å². The van der Waals surface area contributed by atoms with Crippen molar-refractivity contribution in [3.05, 3.63) is 70.0 Å². The number of para-hydroxylation sites is 2. The van der Waals surface area contributed by atoms with Crippen molar-refractivity contribution in [2.24, 2.45) is 0 Å². The Morgan fingerprint density at radius 3 is 2.83 bits per heavy atom. The van der Waals surface area contributed by atoms with Crippen LogP contribution < -0.4 is 20.3 Å². The molecule has 0 amide bonds. The van der Waals surface area contributed by atoms with Crippen molar-refractivity contribution in [2.75, 3.05) is 26.9 Å². The first-order valence-corrected chi connectivity index (χ1v) is 9.87. The second-order valence-electron chi connectivity index (χ2n) is 7.31. The van der Waals surface area contributed by atoms with Gasteiger partial charge in [0.15, 0.2) is 11.5 Å². The van der Waals surface area contributed by atoms with Gasteiger partial charge in [-0.25, -0.2) is 0 Å². The molecule has 1 aromatic heterocycles. The van der Waals surface area contributed by atoms with Crippen molar-refractivity contribution in [1.29, 1.82) is 0 Å². The molecule has 0 saturated heterocycles. The quantitative estimate of drug-likeness (QED) is 0.668. The average Bonchev–Trinajstić information content (AvgIpc) is 2.73. The topological polar surface area (TPSA) is 61.7 Å². The van der Waals surface area contributed by atoms with Gasteiger partial charge in [0.2, 0.25) is 0 Å². The third-order valence-corrected chi connectivity index (χ3v) is 5.10. The summed E-state index contributed by atoms with van der Waals surface area (Å²) in [7, 11) is 1.65. The highest BCUT2D eigenvalue weighted by molar-refractivity contribution is 5.80. The standard InChI is InChI=1S/C23H26N2O4/c1-16-7-8-20-17(11-16)12-18(23(26)25(20)9-10-27-2)13-24-14-19-15-28-21-5-3-4-6-22(21)29-19/h3-8,11-12,19,24H,9-10,13-15H2,1-2H3. The zero-order chi connectivity index (χ0) is 20.2. The molecule has 0 bridgehead atoms. The predicted octanol–water partition coefficient (Wildman–Crippen LogP) is 2.89. The summed E-state index contributed by atoms with van der Waals surface area (Å²) in [6.45, 7) is 4.62. The third kappa shape index (κ3) is 4.28. The van der Waals surface area contributed by atoms with Gasteiger partial charge in [-0.15, -0.1) is 0 Å². The van der Waals surface area contributed by atoms with E-state index in [1.54, 1.807) is 11.7 Å². The summed E-state index contributed by atoms with van der Waals surface area (Å²) in [4.78, 5) is 13.0. The zero-order valence-corrected chi connectivity index (χ0v) is 16.8. The maximum atomic E-state index is 13.0. The molecule has 29 heavy (non-hydrogen) atoms. The van der Waals surface area contributed by atoms with Crippen LogP contribution in [0.1, 0.15) is 11.1 Å². The molecule has 3 aromatic rings. The number of hydrogen-bond donors (Lipinski definition) is 1. The fourth-order valence-electron chi connectivity index (χ4n) is 3.63. The number of benzene rings is 2. The summed E-state index contributed by atoms with van der Waals surface area (Å²) in [6, 6.07) is 15.8. The van der Waals surface area contributed by atoms with Crippen LogP contribution in [-0.2, 0) is 17.8 Å². The average molecular weight is 394 g/mol. The molecule has 1 aliphatic heterocycles. The van der Waals surface area contributed by atoms with Gasteiger partial charge in [-0.2, -0.15) is 0 Å². The highest BCUT2D eigenvalue weighted by atomic mass is 16.6. The van der Waals surface area contributed by atoms with Crippen LogP contribution in [0.15, 0.2) is 53.3 Å². The molecule has 0 aliphatic carbocycles. The maximum Gasteiger partial charge on any atom is 0.255 e. The van der Waals surface area contributed by atoms with Gasteiger partial charge >= 0.3 is 0 Å². The van der Waals surface area contributed by atoms with E-state index in [9.17, 15) is 4.79 Å². The normalized spacial score (nSPS) is 15.6. The van der Waals surface area contributed by atoms with Crippen molar-refractivity contribution in [1.82, 2.24) is 9.88 Å². The predicted molar refractivity (Wildman–Crippen MR) is 113 cm³/mol. The molecule has 0 fully saturated rings. The third-order valence-electron chi connectivity index (χ3n) is 5.10. The van der Waals surface area contributed by atoms with Gasteiger partial charge in [-0.05, 0) is 42.6 Å². The SMILES string of the molecule is COCCn1c(=O)c(CNCC2COc3ccccc3O2)cc2cc(C)ccc21. The Morgan fingerprint density at radius 1 is 1.17 bits per heavy atom. The molecule has 1 aliphatic rings. The minimum atomic E-state index is -0.0942. The molecular formula is C23H26N2O4. The van der Waals surface area contributed by atoms with E-state index in [0.717, 1.165) is 28.0 Å². The second-order valence-corrected chi connectivity index (χ2v) is 7.31. The number of rotatable bonds is 7. The van der Waals surface area contributed by atoms with E-state index in [1.807, 2.05) is 42.5 Å². The van der Waals surface area contributed by atoms with Crippen LogP contribution in [0.25, 0.3) is 10.9 Å². The molecule has 1 atom stereocenters. The Kier molecular flexibility index (Phi) is 5.83. The van der Waals surface area contributed by atoms with E-state index in [2.05, 4.69) is 18.3 Å². The fraction of sp³-hybridized carbons (Fsp3) is 0.348. The highest BCUT2D eigenvalue weighted by Gasteiger charge is 2.20. The summed E-state index contributed by atoms with van der Waals surface area (Å²) in [5.41, 5.74) is 2.84. The van der Waals surface area contributed by atoms with E-state index < -0.39 is 0 Å². The summed E-state index contributed by atoms with van der Waals surface area (Å²) in [6.07, 6.45) is -0.0942. The molecule has 4 rings (SSSR count). The maximum absolute atomic E-state index is 13.0. The van der Waals surface area contributed by atoms with Crippen LogP contribution in [0.5, 0.6) is 11.5 Å². The number of aromatic nitrogens is 1. The van der Waals surface area contributed by atoms with E-state index in [-0.39, 0.29) is 11.7 Å². The van der Waals surface area contributed by atoms with Crippen molar-refractivity contribution < 1.29 is 14.2 Å². The minimum absolute atomic E-state index is 0.0112. The summed E-state index contributed by atoms with van der Waals surface area (Å²) in [5, 5.41) is 4.42. The molecule has 1 N–H and O–H groups in total. The molecule has 1 unspecified atom stereocenters. The lowest BCUT2D eigenvalue weighted by Crippen LogP contribution is -2.39. The van der Waals surface area contributed by atoms with Crippen molar-refractivity contribution in [3.63, 3.8) is 0 Å². The number of pyridine rings is 1. The number of methoxy groups -OCH3 is 1. The molecule has 0 radical (unpaired) electrons. The first kappa shape index (κ1) is 19.5. The Morgan fingerprint density at radius 2 is 2.00 bits per heavy atom. The summed E-state index contributed by atoms with van der Waals surface area (Å²) >= 11 is 0. The van der Waals surface area contributed by atoms with Crippen LogP contribution in [0.2, 0.25) is 0 Å². The van der Waals surface area contributed by atoms with Crippen molar-refractivity contribution in [2.45, 2.75) is 26.1 Å². The lowest BCUT2D eigenvalue weighted by molar-refractivity contribution is 0.0902. The minimum Gasteiger partial charge on any atom is -0.486 e.